The quantitative estimate of drug-likeness (QED) is 0.729. The van der Waals surface area contributed by atoms with Gasteiger partial charge in [0.15, 0.2) is 11.4 Å². The number of carbonyl (C=O) groups excluding carboxylic acids is 2. The van der Waals surface area contributed by atoms with Crippen LogP contribution >= 0.6 is 15.9 Å². The number of fused-ring (bicyclic) bond motifs is 1. The van der Waals surface area contributed by atoms with Crippen molar-refractivity contribution in [2.45, 2.75) is 46.6 Å². The minimum absolute atomic E-state index is 0.225. The number of ketones is 1. The van der Waals surface area contributed by atoms with Crippen molar-refractivity contribution in [1.29, 1.82) is 0 Å². The fourth-order valence-electron chi connectivity index (χ4n) is 3.73. The maximum Gasteiger partial charge on any atom is 0.261 e. The van der Waals surface area contributed by atoms with Crippen molar-refractivity contribution in [3.05, 3.63) is 61.6 Å². The zero-order valence-corrected chi connectivity index (χ0v) is 17.2. The highest BCUT2D eigenvalue weighted by Crippen LogP contribution is 2.41. The van der Waals surface area contributed by atoms with E-state index in [4.69, 9.17) is 0 Å². The number of hydrogen-bond donors (Lipinski definition) is 2. The van der Waals surface area contributed by atoms with E-state index in [-0.39, 0.29) is 12.2 Å². The third-order valence-corrected chi connectivity index (χ3v) is 6.24. The van der Waals surface area contributed by atoms with E-state index in [9.17, 15) is 14.7 Å². The number of nitrogens with one attached hydrogen (secondary N) is 1. The second-order valence-corrected chi connectivity index (χ2v) is 8.02. The van der Waals surface area contributed by atoms with Crippen molar-refractivity contribution in [2.24, 2.45) is 0 Å². The summed E-state index contributed by atoms with van der Waals surface area (Å²) in [4.78, 5) is 25.6. The normalized spacial score (nSPS) is 18.7. The predicted octanol–water partition coefficient (Wildman–Crippen LogP) is 4.40. The van der Waals surface area contributed by atoms with Crippen molar-refractivity contribution >= 4 is 33.3 Å². The molecule has 0 aromatic heterocycles. The summed E-state index contributed by atoms with van der Waals surface area (Å²) in [5.74, 6) is -0.786. The van der Waals surface area contributed by atoms with Crippen LogP contribution in [0, 0.1) is 34.6 Å². The Labute approximate surface area is 161 Å². The zero-order chi connectivity index (χ0) is 19.4. The number of rotatable bonds is 3. The molecule has 0 saturated carbocycles. The highest BCUT2D eigenvalue weighted by Gasteiger charge is 2.47. The minimum Gasteiger partial charge on any atom is -0.375 e. The molecule has 5 heteroatoms. The van der Waals surface area contributed by atoms with Gasteiger partial charge in [-0.1, -0.05) is 15.9 Å². The van der Waals surface area contributed by atoms with E-state index in [2.05, 4.69) is 21.2 Å². The number of halogens is 1. The van der Waals surface area contributed by atoms with E-state index in [1.165, 1.54) is 5.56 Å². The number of Topliss-reactive ketones (excluding diaryl/α,β-unsaturated/α-hetero) is 1. The Morgan fingerprint density at radius 3 is 2.15 bits per heavy atom. The Bertz CT molecular complexity index is 935. The fraction of sp³-hybridized carbons (Fsp3) is 0.333. The minimum atomic E-state index is -1.86. The van der Waals surface area contributed by atoms with Gasteiger partial charge < -0.3 is 10.4 Å². The Kier molecular flexibility index (Phi) is 4.57. The van der Waals surface area contributed by atoms with Gasteiger partial charge in [-0.15, -0.1) is 0 Å². The maximum atomic E-state index is 13.2. The number of hydrogen-bond acceptors (Lipinski definition) is 3. The summed E-state index contributed by atoms with van der Waals surface area (Å²) in [7, 11) is 0. The average molecular weight is 416 g/mol. The van der Waals surface area contributed by atoms with Crippen LogP contribution < -0.4 is 5.32 Å². The van der Waals surface area contributed by atoms with Gasteiger partial charge in [0.05, 0.1) is 6.42 Å². The second kappa shape index (κ2) is 6.32. The van der Waals surface area contributed by atoms with Crippen LogP contribution in [0.15, 0.2) is 22.7 Å². The lowest BCUT2D eigenvalue weighted by molar-refractivity contribution is -0.133. The fourth-order valence-corrected chi connectivity index (χ4v) is 4.09. The Morgan fingerprint density at radius 1 is 1.04 bits per heavy atom. The first-order valence-corrected chi connectivity index (χ1v) is 9.31. The van der Waals surface area contributed by atoms with Crippen molar-refractivity contribution in [3.8, 4) is 0 Å². The summed E-state index contributed by atoms with van der Waals surface area (Å²) in [6.45, 7) is 9.88. The highest BCUT2D eigenvalue weighted by atomic mass is 79.9. The van der Waals surface area contributed by atoms with E-state index in [0.717, 1.165) is 26.7 Å². The molecule has 0 fully saturated rings. The average Bonchev–Trinajstić information content (AvgIpc) is 2.82. The largest absolute Gasteiger partial charge is 0.375 e. The molecule has 26 heavy (non-hydrogen) atoms. The van der Waals surface area contributed by atoms with Crippen LogP contribution in [0.4, 0.5) is 5.69 Å². The van der Waals surface area contributed by atoms with Crippen LogP contribution in [0.1, 0.15) is 50.2 Å². The summed E-state index contributed by atoms with van der Waals surface area (Å²) in [5.41, 5.74) is 4.85. The first kappa shape index (κ1) is 18.8. The van der Waals surface area contributed by atoms with E-state index >= 15 is 0 Å². The molecule has 1 aliphatic heterocycles. The lowest BCUT2D eigenvalue weighted by Gasteiger charge is -2.23. The molecule has 0 spiro atoms. The predicted molar refractivity (Wildman–Crippen MR) is 106 cm³/mol. The molecule has 3 rings (SSSR count). The molecule has 0 radical (unpaired) electrons. The number of anilines is 1. The van der Waals surface area contributed by atoms with Crippen molar-refractivity contribution < 1.29 is 14.7 Å². The van der Waals surface area contributed by atoms with Gasteiger partial charge in [-0.2, -0.15) is 0 Å². The summed E-state index contributed by atoms with van der Waals surface area (Å²) < 4.78 is 0.744. The lowest BCUT2D eigenvalue weighted by atomic mass is 9.82. The molecular formula is C21H22BrNO3. The van der Waals surface area contributed by atoms with Crippen LogP contribution in [0.2, 0.25) is 0 Å². The zero-order valence-electron chi connectivity index (χ0n) is 15.6. The van der Waals surface area contributed by atoms with Crippen LogP contribution in [0.5, 0.6) is 0 Å². The molecule has 1 amide bonds. The second-order valence-electron chi connectivity index (χ2n) is 7.10. The molecule has 2 N–H and O–H groups in total. The number of benzene rings is 2. The van der Waals surface area contributed by atoms with E-state index in [1.54, 1.807) is 18.2 Å². The van der Waals surface area contributed by atoms with Gasteiger partial charge in [0, 0.05) is 21.3 Å². The molecule has 2 aromatic rings. The smallest absolute Gasteiger partial charge is 0.261 e. The summed E-state index contributed by atoms with van der Waals surface area (Å²) >= 11 is 3.36. The van der Waals surface area contributed by atoms with Gasteiger partial charge in [-0.05, 0) is 80.6 Å². The molecule has 0 saturated heterocycles. The molecule has 136 valence electrons. The van der Waals surface area contributed by atoms with Gasteiger partial charge in [0.25, 0.3) is 5.91 Å². The van der Waals surface area contributed by atoms with Crippen LogP contribution in [0.25, 0.3) is 0 Å². The first-order valence-electron chi connectivity index (χ1n) is 8.52. The summed E-state index contributed by atoms with van der Waals surface area (Å²) in [6.07, 6.45) is -0.286. The first-order chi connectivity index (χ1) is 12.1. The maximum absolute atomic E-state index is 13.2. The molecule has 0 aliphatic carbocycles. The third kappa shape index (κ3) is 2.70. The van der Waals surface area contributed by atoms with Gasteiger partial charge in [0.1, 0.15) is 0 Å². The molecule has 0 bridgehead atoms. The van der Waals surface area contributed by atoms with Gasteiger partial charge in [-0.25, -0.2) is 0 Å². The molecule has 0 unspecified atom stereocenters. The van der Waals surface area contributed by atoms with Crippen LogP contribution in [-0.4, -0.2) is 16.8 Å². The molecule has 1 aliphatic rings. The molecule has 4 nitrogen and oxygen atoms in total. The van der Waals surface area contributed by atoms with Crippen LogP contribution in [-0.2, 0) is 10.4 Å². The summed E-state index contributed by atoms with van der Waals surface area (Å²) in [6, 6.07) is 5.19. The third-order valence-electron chi connectivity index (χ3n) is 5.75. The number of carbonyl (C=O) groups is 2. The Morgan fingerprint density at radius 2 is 1.58 bits per heavy atom. The highest BCUT2D eigenvalue weighted by molar-refractivity contribution is 9.10. The Hall–Kier alpha value is -1.98. The summed E-state index contributed by atoms with van der Waals surface area (Å²) in [5, 5.41) is 13.8. The topological polar surface area (TPSA) is 66.4 Å². The van der Waals surface area contributed by atoms with Gasteiger partial charge in [-0.3, -0.25) is 9.59 Å². The van der Waals surface area contributed by atoms with Crippen molar-refractivity contribution in [1.82, 2.24) is 0 Å². The SMILES string of the molecule is Cc1c(C)c(C)c(C(=O)C[C@@]2(O)C(=O)Nc3ccc(Br)cc32)c(C)c1C. The molecular weight excluding hydrogens is 394 g/mol. The molecule has 2 aromatic carbocycles. The Balaban J connectivity index is 2.08. The molecule has 1 atom stereocenters. The van der Waals surface area contributed by atoms with E-state index < -0.39 is 11.5 Å². The number of amides is 1. The van der Waals surface area contributed by atoms with Gasteiger partial charge >= 0.3 is 0 Å². The number of aliphatic hydroxyl groups is 1. The molecule has 1 heterocycles. The van der Waals surface area contributed by atoms with Crippen molar-refractivity contribution in [3.63, 3.8) is 0 Å². The lowest BCUT2D eigenvalue weighted by Crippen LogP contribution is -2.37. The van der Waals surface area contributed by atoms with Crippen molar-refractivity contribution in [2.75, 3.05) is 5.32 Å². The van der Waals surface area contributed by atoms with Gasteiger partial charge in [0.2, 0.25) is 0 Å². The van der Waals surface area contributed by atoms with E-state index in [0.29, 0.717) is 16.8 Å². The monoisotopic (exact) mass is 415 g/mol. The van der Waals surface area contributed by atoms with E-state index in [1.807, 2.05) is 34.6 Å². The van der Waals surface area contributed by atoms with Crippen LogP contribution in [0.3, 0.4) is 0 Å². The standard InChI is InChI=1S/C21H22BrNO3/c1-10-11(2)13(4)19(14(5)12(10)3)18(24)9-21(26)16-8-15(22)6-7-17(16)23-20(21)25/h6-8,26H,9H2,1-5H3,(H,23,25)/t21-/m0/s1.